The Kier molecular flexibility index (Phi) is 3.37. The van der Waals surface area contributed by atoms with Crippen LogP contribution in [-0.2, 0) is 14.6 Å². The predicted molar refractivity (Wildman–Crippen MR) is 63.0 cm³/mol. The molecule has 0 bridgehead atoms. The van der Waals surface area contributed by atoms with Crippen LogP contribution < -0.4 is 0 Å². The lowest BCUT2D eigenvalue weighted by Gasteiger charge is -2.31. The number of rotatable bonds is 2. The van der Waals surface area contributed by atoms with Gasteiger partial charge in [0.25, 0.3) is 0 Å². The van der Waals surface area contributed by atoms with E-state index in [4.69, 9.17) is 9.78 Å². The summed E-state index contributed by atoms with van der Waals surface area (Å²) in [6.07, 6.45) is 11.7. The minimum Gasteiger partial charge on any atom is -0.298 e. The lowest BCUT2D eigenvalue weighted by atomic mass is 9.73. The van der Waals surface area contributed by atoms with E-state index in [9.17, 15) is 4.79 Å². The van der Waals surface area contributed by atoms with Crippen molar-refractivity contribution in [3.63, 3.8) is 0 Å². The van der Waals surface area contributed by atoms with Gasteiger partial charge in [-0.3, -0.25) is 4.89 Å². The molecular weight excluding hydrogens is 216 g/mol. The van der Waals surface area contributed by atoms with Crippen molar-refractivity contribution in [2.45, 2.75) is 63.9 Å². The lowest BCUT2D eigenvalue weighted by Crippen LogP contribution is -2.30. The third-order valence-corrected chi connectivity index (χ3v) is 4.84. The molecule has 0 radical (unpaired) electrons. The molecule has 96 valence electrons. The number of fused-ring (bicyclic) bond motifs is 1. The first-order valence-corrected chi connectivity index (χ1v) is 7.20. The summed E-state index contributed by atoms with van der Waals surface area (Å²) in [6, 6.07) is 0. The summed E-state index contributed by atoms with van der Waals surface area (Å²) < 4.78 is 0. The fourth-order valence-corrected chi connectivity index (χ4v) is 3.87. The molecule has 3 atom stereocenters. The molecule has 0 N–H and O–H groups in total. The van der Waals surface area contributed by atoms with Crippen LogP contribution in [0.4, 0.5) is 0 Å². The maximum atomic E-state index is 11.5. The fourth-order valence-electron chi connectivity index (χ4n) is 3.87. The van der Waals surface area contributed by atoms with Gasteiger partial charge in [-0.2, -0.15) is 4.89 Å². The Labute approximate surface area is 103 Å². The number of carbonyl (C=O) groups is 1. The second-order valence-corrected chi connectivity index (χ2v) is 6.06. The molecule has 2 saturated carbocycles. The molecule has 0 amide bonds. The summed E-state index contributed by atoms with van der Waals surface area (Å²) in [5.41, 5.74) is 0. The Morgan fingerprint density at radius 2 is 1.82 bits per heavy atom. The average Bonchev–Trinajstić information content (AvgIpc) is 2.73. The Hall–Kier alpha value is -0.570. The topological polar surface area (TPSA) is 35.5 Å². The van der Waals surface area contributed by atoms with E-state index in [0.29, 0.717) is 0 Å². The Morgan fingerprint density at radius 3 is 2.65 bits per heavy atom. The zero-order valence-corrected chi connectivity index (χ0v) is 10.4. The molecule has 3 unspecified atom stereocenters. The molecule has 1 heterocycles. The molecule has 3 nitrogen and oxygen atoms in total. The highest BCUT2D eigenvalue weighted by molar-refractivity contribution is 5.73. The monoisotopic (exact) mass is 238 g/mol. The maximum absolute atomic E-state index is 11.5. The Bertz CT molecular complexity index is 283. The first kappa shape index (κ1) is 11.5. The van der Waals surface area contributed by atoms with Gasteiger partial charge in [-0.15, -0.1) is 0 Å². The summed E-state index contributed by atoms with van der Waals surface area (Å²) in [5.74, 6) is 1.57. The van der Waals surface area contributed by atoms with Crippen molar-refractivity contribution in [1.29, 1.82) is 0 Å². The van der Waals surface area contributed by atoms with E-state index < -0.39 is 0 Å². The molecule has 3 aliphatic rings. The van der Waals surface area contributed by atoms with Crippen molar-refractivity contribution in [3.05, 3.63) is 0 Å². The molecule has 3 heteroatoms. The van der Waals surface area contributed by atoms with Crippen LogP contribution in [0.15, 0.2) is 0 Å². The van der Waals surface area contributed by atoms with Gasteiger partial charge in [0.2, 0.25) is 0 Å². The lowest BCUT2D eigenvalue weighted by molar-refractivity contribution is -0.264. The number of hydrogen-bond acceptors (Lipinski definition) is 3. The normalized spacial score (nSPS) is 38.8. The molecule has 3 fully saturated rings. The zero-order chi connectivity index (χ0) is 11.7. The van der Waals surface area contributed by atoms with E-state index in [-0.39, 0.29) is 18.0 Å². The van der Waals surface area contributed by atoms with Crippen LogP contribution in [0, 0.1) is 17.8 Å². The molecule has 0 aromatic carbocycles. The van der Waals surface area contributed by atoms with Gasteiger partial charge >= 0.3 is 5.97 Å². The summed E-state index contributed by atoms with van der Waals surface area (Å²) in [6.45, 7) is 0. The van der Waals surface area contributed by atoms with Gasteiger partial charge in [-0.25, -0.2) is 4.79 Å². The van der Waals surface area contributed by atoms with Crippen LogP contribution in [0.5, 0.6) is 0 Å². The zero-order valence-electron chi connectivity index (χ0n) is 10.4. The van der Waals surface area contributed by atoms with Crippen molar-refractivity contribution < 1.29 is 14.6 Å². The molecular formula is C14H22O3. The summed E-state index contributed by atoms with van der Waals surface area (Å²) in [7, 11) is 0. The van der Waals surface area contributed by atoms with Gasteiger partial charge in [0.05, 0.1) is 5.92 Å². The minimum absolute atomic E-state index is 0.0392. The van der Waals surface area contributed by atoms with Crippen molar-refractivity contribution >= 4 is 5.97 Å². The van der Waals surface area contributed by atoms with Crippen molar-refractivity contribution in [2.24, 2.45) is 17.8 Å². The van der Waals surface area contributed by atoms with Gasteiger partial charge in [0.15, 0.2) is 0 Å². The second kappa shape index (κ2) is 4.97. The molecule has 0 spiro atoms. The highest BCUT2D eigenvalue weighted by Crippen LogP contribution is 2.40. The minimum atomic E-state index is -0.122. The van der Waals surface area contributed by atoms with E-state index in [1.807, 2.05) is 0 Å². The smallest absolute Gasteiger partial charge is 0.298 e. The molecule has 0 aromatic rings. The molecule has 3 rings (SSSR count). The highest BCUT2D eigenvalue weighted by atomic mass is 17.2. The van der Waals surface area contributed by atoms with Gasteiger partial charge in [-0.05, 0) is 37.5 Å². The molecule has 0 aromatic heterocycles. The van der Waals surface area contributed by atoms with Gasteiger partial charge in [0, 0.05) is 0 Å². The maximum Gasteiger partial charge on any atom is 0.348 e. The van der Waals surface area contributed by atoms with Gasteiger partial charge < -0.3 is 0 Å². The largest absolute Gasteiger partial charge is 0.348 e. The molecule has 2 aliphatic carbocycles. The number of carbonyl (C=O) groups excluding carboxylic acids is 1. The van der Waals surface area contributed by atoms with E-state index in [1.165, 1.54) is 44.9 Å². The Morgan fingerprint density at radius 1 is 1.00 bits per heavy atom. The molecule has 17 heavy (non-hydrogen) atoms. The quantitative estimate of drug-likeness (QED) is 0.693. The van der Waals surface area contributed by atoms with Crippen molar-refractivity contribution in [3.8, 4) is 0 Å². The van der Waals surface area contributed by atoms with Crippen LogP contribution in [0.2, 0.25) is 0 Å². The first-order valence-electron chi connectivity index (χ1n) is 7.20. The third kappa shape index (κ3) is 2.49. The highest BCUT2D eigenvalue weighted by Gasteiger charge is 2.43. The SMILES string of the molecule is O=C1OOC2CCC(CC3CCCCC3)CC12. The van der Waals surface area contributed by atoms with Gasteiger partial charge in [0.1, 0.15) is 6.10 Å². The number of hydrogen-bond donors (Lipinski definition) is 0. The fraction of sp³-hybridized carbons (Fsp3) is 0.929. The Balaban J connectivity index is 1.53. The third-order valence-electron chi connectivity index (χ3n) is 4.84. The predicted octanol–water partition coefficient (Wildman–Crippen LogP) is 3.23. The van der Waals surface area contributed by atoms with Crippen molar-refractivity contribution in [2.75, 3.05) is 0 Å². The summed E-state index contributed by atoms with van der Waals surface area (Å²) in [4.78, 5) is 21.3. The van der Waals surface area contributed by atoms with Crippen LogP contribution in [-0.4, -0.2) is 12.1 Å². The van der Waals surface area contributed by atoms with Crippen LogP contribution in [0.1, 0.15) is 57.8 Å². The van der Waals surface area contributed by atoms with Crippen LogP contribution >= 0.6 is 0 Å². The second-order valence-electron chi connectivity index (χ2n) is 6.06. The molecule has 1 saturated heterocycles. The first-order chi connectivity index (χ1) is 8.33. The van der Waals surface area contributed by atoms with E-state index >= 15 is 0 Å². The van der Waals surface area contributed by atoms with Crippen LogP contribution in [0.3, 0.4) is 0 Å². The summed E-state index contributed by atoms with van der Waals surface area (Å²) >= 11 is 0. The van der Waals surface area contributed by atoms with Crippen molar-refractivity contribution in [1.82, 2.24) is 0 Å². The van der Waals surface area contributed by atoms with E-state index in [0.717, 1.165) is 24.7 Å². The average molecular weight is 238 g/mol. The van der Waals surface area contributed by atoms with E-state index in [1.54, 1.807) is 0 Å². The standard InChI is InChI=1S/C14H22O3/c15-14-12-9-11(6-7-13(12)16-17-14)8-10-4-2-1-3-5-10/h10-13H,1-9H2. The molecule has 1 aliphatic heterocycles. The van der Waals surface area contributed by atoms with Crippen LogP contribution in [0.25, 0.3) is 0 Å². The summed E-state index contributed by atoms with van der Waals surface area (Å²) in [5, 5.41) is 0. The van der Waals surface area contributed by atoms with Gasteiger partial charge in [-0.1, -0.05) is 32.1 Å². The van der Waals surface area contributed by atoms with E-state index in [2.05, 4.69) is 0 Å².